The highest BCUT2D eigenvalue weighted by Gasteiger charge is 2.23. The summed E-state index contributed by atoms with van der Waals surface area (Å²) in [6, 6.07) is 3.63. The predicted molar refractivity (Wildman–Crippen MR) is 95.2 cm³/mol. The van der Waals surface area contributed by atoms with Crippen LogP contribution in [-0.4, -0.2) is 58.2 Å². The van der Waals surface area contributed by atoms with Crippen molar-refractivity contribution in [2.75, 3.05) is 32.7 Å². The van der Waals surface area contributed by atoms with Gasteiger partial charge >= 0.3 is 0 Å². The van der Waals surface area contributed by atoms with Gasteiger partial charge in [-0.2, -0.15) is 5.10 Å². The number of likely N-dealkylation sites (N-methyl/N-ethyl adjacent to an activating group) is 1. The molecule has 0 radical (unpaired) electrons. The maximum absolute atomic E-state index is 12.6. The van der Waals surface area contributed by atoms with Crippen LogP contribution >= 0.6 is 15.9 Å². The first-order valence-electron chi connectivity index (χ1n) is 8.29. The van der Waals surface area contributed by atoms with Gasteiger partial charge in [-0.3, -0.25) is 9.48 Å². The van der Waals surface area contributed by atoms with Gasteiger partial charge in [-0.05, 0) is 48.5 Å². The molecule has 2 aromatic heterocycles. The highest BCUT2D eigenvalue weighted by Crippen LogP contribution is 2.21. The average Bonchev–Trinajstić information content (AvgIpc) is 3.16. The van der Waals surface area contributed by atoms with Gasteiger partial charge in [0.25, 0.3) is 5.91 Å². The number of hydrogen-bond acceptors (Lipinski definition) is 4. The van der Waals surface area contributed by atoms with E-state index in [2.05, 4.69) is 32.9 Å². The largest absolute Gasteiger partial charge is 0.454 e. The summed E-state index contributed by atoms with van der Waals surface area (Å²) >= 11 is 3.53. The van der Waals surface area contributed by atoms with E-state index in [1.165, 1.54) is 0 Å². The highest BCUT2D eigenvalue weighted by molar-refractivity contribution is 9.10. The zero-order valence-electron chi connectivity index (χ0n) is 14.4. The molecular formula is C17H23BrN4O2. The van der Waals surface area contributed by atoms with E-state index in [0.29, 0.717) is 12.3 Å². The molecular weight excluding hydrogens is 372 g/mol. The molecule has 0 aliphatic carbocycles. The summed E-state index contributed by atoms with van der Waals surface area (Å²) in [6.07, 6.45) is 0. The van der Waals surface area contributed by atoms with E-state index in [0.717, 1.165) is 54.3 Å². The lowest BCUT2D eigenvalue weighted by Crippen LogP contribution is -2.48. The van der Waals surface area contributed by atoms with Gasteiger partial charge in [-0.15, -0.1) is 0 Å². The molecule has 1 amide bonds. The normalized spacial score (nSPS) is 15.9. The Bertz CT molecular complexity index is 729. The summed E-state index contributed by atoms with van der Waals surface area (Å²) in [4.78, 5) is 16.8. The van der Waals surface area contributed by atoms with Crippen LogP contribution in [0.4, 0.5) is 0 Å². The number of piperazine rings is 1. The summed E-state index contributed by atoms with van der Waals surface area (Å²) in [5.41, 5.74) is 2.00. The molecule has 0 bridgehead atoms. The van der Waals surface area contributed by atoms with Crippen LogP contribution in [-0.2, 0) is 6.54 Å². The molecule has 0 saturated carbocycles. The van der Waals surface area contributed by atoms with Crippen molar-refractivity contribution in [2.45, 2.75) is 27.3 Å². The van der Waals surface area contributed by atoms with E-state index in [1.54, 1.807) is 6.07 Å². The third-order valence-electron chi connectivity index (χ3n) is 4.58. The van der Waals surface area contributed by atoms with Crippen molar-refractivity contribution in [1.82, 2.24) is 19.6 Å². The van der Waals surface area contributed by atoms with Crippen LogP contribution in [0.25, 0.3) is 0 Å². The van der Waals surface area contributed by atoms with Crippen molar-refractivity contribution in [3.8, 4) is 0 Å². The Morgan fingerprint density at radius 1 is 1.25 bits per heavy atom. The molecule has 0 unspecified atom stereocenters. The van der Waals surface area contributed by atoms with Crippen molar-refractivity contribution in [3.05, 3.63) is 39.5 Å². The molecule has 3 rings (SSSR count). The van der Waals surface area contributed by atoms with Gasteiger partial charge in [0.1, 0.15) is 5.76 Å². The molecule has 1 aliphatic rings. The van der Waals surface area contributed by atoms with Crippen LogP contribution in [0, 0.1) is 13.8 Å². The Labute approximate surface area is 150 Å². The molecule has 0 spiro atoms. The quantitative estimate of drug-likeness (QED) is 0.799. The maximum Gasteiger partial charge on any atom is 0.289 e. The molecule has 24 heavy (non-hydrogen) atoms. The molecule has 1 fully saturated rings. The summed E-state index contributed by atoms with van der Waals surface area (Å²) in [5.74, 6) is 1.13. The number of furan rings is 1. The van der Waals surface area contributed by atoms with Crippen LogP contribution < -0.4 is 0 Å². The van der Waals surface area contributed by atoms with Gasteiger partial charge < -0.3 is 14.2 Å². The van der Waals surface area contributed by atoms with Crippen LogP contribution in [0.5, 0.6) is 0 Å². The van der Waals surface area contributed by atoms with E-state index in [9.17, 15) is 4.79 Å². The Kier molecular flexibility index (Phi) is 5.10. The predicted octanol–water partition coefficient (Wildman–Crippen LogP) is 2.68. The number of carbonyl (C=O) groups excluding carboxylic acids is 1. The van der Waals surface area contributed by atoms with Crippen LogP contribution in [0.1, 0.15) is 34.6 Å². The number of halogens is 1. The highest BCUT2D eigenvalue weighted by atomic mass is 79.9. The first-order chi connectivity index (χ1) is 11.5. The number of hydrogen-bond donors (Lipinski definition) is 0. The molecule has 0 aromatic carbocycles. The van der Waals surface area contributed by atoms with Crippen molar-refractivity contribution in [2.24, 2.45) is 0 Å². The lowest BCUT2D eigenvalue weighted by molar-refractivity contribution is 0.0610. The number of aromatic nitrogens is 2. The molecule has 0 atom stereocenters. The lowest BCUT2D eigenvalue weighted by atomic mass is 10.3. The fraction of sp³-hybridized carbons (Fsp3) is 0.529. The molecule has 2 aromatic rings. The van der Waals surface area contributed by atoms with Crippen molar-refractivity contribution < 1.29 is 9.21 Å². The molecule has 1 saturated heterocycles. The van der Waals surface area contributed by atoms with E-state index in [4.69, 9.17) is 4.42 Å². The minimum Gasteiger partial charge on any atom is -0.454 e. The number of carbonyl (C=O) groups is 1. The Morgan fingerprint density at radius 3 is 2.54 bits per heavy atom. The second-order valence-electron chi connectivity index (χ2n) is 6.13. The summed E-state index contributed by atoms with van der Waals surface area (Å²) < 4.78 is 8.67. The zero-order valence-corrected chi connectivity index (χ0v) is 16.0. The zero-order chi connectivity index (χ0) is 17.3. The smallest absolute Gasteiger partial charge is 0.289 e. The van der Waals surface area contributed by atoms with Crippen molar-refractivity contribution in [1.29, 1.82) is 0 Å². The number of nitrogens with zero attached hydrogens (tertiary/aromatic N) is 4. The van der Waals surface area contributed by atoms with Crippen molar-refractivity contribution >= 4 is 21.8 Å². The van der Waals surface area contributed by atoms with Gasteiger partial charge in [0.05, 0.1) is 22.4 Å². The summed E-state index contributed by atoms with van der Waals surface area (Å²) in [7, 11) is 0. The number of aryl methyl sites for hydroxylation is 1. The first kappa shape index (κ1) is 17.2. The lowest BCUT2D eigenvalue weighted by Gasteiger charge is -2.33. The number of amides is 1. The minimum atomic E-state index is -0.0217. The van der Waals surface area contributed by atoms with Crippen LogP contribution in [0.15, 0.2) is 21.0 Å². The average molecular weight is 395 g/mol. The van der Waals surface area contributed by atoms with E-state index < -0.39 is 0 Å². The van der Waals surface area contributed by atoms with Gasteiger partial charge in [-0.1, -0.05) is 6.92 Å². The SMILES string of the molecule is CCN1CCN(C(=O)c2ccc(Cn3nc(C)c(Br)c3C)o2)CC1. The third-order valence-corrected chi connectivity index (χ3v) is 5.73. The molecule has 7 heteroatoms. The second-order valence-corrected chi connectivity index (χ2v) is 6.93. The standard InChI is InChI=1S/C17H23BrN4O2/c1-4-20-7-9-21(10-8-20)17(23)15-6-5-14(24-15)11-22-13(3)16(18)12(2)19-22/h5-6H,4,7-11H2,1-3H3. The first-order valence-corrected chi connectivity index (χ1v) is 9.08. The van der Waals surface area contributed by atoms with Gasteiger partial charge in [0.15, 0.2) is 5.76 Å². The minimum absolute atomic E-state index is 0.0217. The van der Waals surface area contributed by atoms with Crippen LogP contribution in [0.3, 0.4) is 0 Å². The van der Waals surface area contributed by atoms with E-state index >= 15 is 0 Å². The fourth-order valence-corrected chi connectivity index (χ4v) is 3.26. The molecule has 6 nitrogen and oxygen atoms in total. The van der Waals surface area contributed by atoms with Crippen LogP contribution in [0.2, 0.25) is 0 Å². The Balaban J connectivity index is 1.67. The molecule has 0 N–H and O–H groups in total. The molecule has 3 heterocycles. The Hall–Kier alpha value is -1.60. The third kappa shape index (κ3) is 3.42. The van der Waals surface area contributed by atoms with E-state index in [-0.39, 0.29) is 5.91 Å². The summed E-state index contributed by atoms with van der Waals surface area (Å²) in [6.45, 7) is 11.0. The van der Waals surface area contributed by atoms with Crippen molar-refractivity contribution in [3.63, 3.8) is 0 Å². The van der Waals surface area contributed by atoms with Gasteiger partial charge in [-0.25, -0.2) is 0 Å². The number of rotatable bonds is 4. The fourth-order valence-electron chi connectivity index (χ4n) is 2.98. The monoisotopic (exact) mass is 394 g/mol. The van der Waals surface area contributed by atoms with Gasteiger partial charge in [0.2, 0.25) is 0 Å². The van der Waals surface area contributed by atoms with E-state index in [1.807, 2.05) is 29.5 Å². The van der Waals surface area contributed by atoms with Gasteiger partial charge in [0, 0.05) is 26.2 Å². The summed E-state index contributed by atoms with van der Waals surface area (Å²) in [5, 5.41) is 4.48. The maximum atomic E-state index is 12.6. The second kappa shape index (κ2) is 7.11. The topological polar surface area (TPSA) is 54.5 Å². The molecule has 130 valence electrons. The Morgan fingerprint density at radius 2 is 1.96 bits per heavy atom. The molecule has 1 aliphatic heterocycles.